The second kappa shape index (κ2) is 14.5. The molecule has 2 aliphatic rings. The molecule has 2 aliphatic heterocycles. The third kappa shape index (κ3) is 7.65. The summed E-state index contributed by atoms with van der Waals surface area (Å²) in [7, 11) is 3.90. The maximum atomic E-state index is 13.2. The zero-order valence-corrected chi connectivity index (χ0v) is 27.0. The van der Waals surface area contributed by atoms with Crippen LogP contribution < -0.4 is 15.5 Å². The van der Waals surface area contributed by atoms with E-state index in [4.69, 9.17) is 0 Å². The normalized spacial score (nSPS) is 17.8. The lowest BCUT2D eigenvalue weighted by molar-refractivity contribution is -0.139. The Morgan fingerprint density at radius 2 is 1.15 bits per heavy atom. The van der Waals surface area contributed by atoms with Crippen molar-refractivity contribution in [3.05, 3.63) is 89.5 Å². The average Bonchev–Trinajstić information content (AvgIpc) is 3.75. The molecule has 9 nitrogen and oxygen atoms in total. The molecule has 2 N–H and O–H groups in total. The number of nitrogens with zero attached hydrogens (tertiary/aromatic N) is 3. The van der Waals surface area contributed by atoms with Crippen LogP contribution in [0.25, 0.3) is 12.2 Å². The van der Waals surface area contributed by atoms with E-state index in [1.54, 1.807) is 9.80 Å². The van der Waals surface area contributed by atoms with Gasteiger partial charge in [0.1, 0.15) is 12.1 Å². The maximum absolute atomic E-state index is 13.2. The first kappa shape index (κ1) is 32.5. The van der Waals surface area contributed by atoms with Crippen molar-refractivity contribution in [2.45, 2.75) is 51.6 Å². The molecule has 4 amide bonds. The monoisotopic (exact) mass is 621 g/mol. The van der Waals surface area contributed by atoms with Crippen LogP contribution in [0.2, 0.25) is 0 Å². The van der Waals surface area contributed by atoms with Crippen LogP contribution in [0.4, 0.5) is 17.1 Å². The lowest BCUT2D eigenvalue weighted by Crippen LogP contribution is -2.44. The van der Waals surface area contributed by atoms with E-state index in [0.29, 0.717) is 42.9 Å². The van der Waals surface area contributed by atoms with Crippen molar-refractivity contribution in [1.29, 1.82) is 0 Å². The van der Waals surface area contributed by atoms with Crippen LogP contribution in [0, 0.1) is 5.92 Å². The SMILES string of the molecule is CC(C)C(=O)N1CCCC1C(=O)Nc1ccc(/C=C/c2ccc(NC(=O)C3CCCN3C(=O)c3ccc(N(C)C)cc3)cc2)cc1. The number of rotatable bonds is 9. The molecule has 0 spiro atoms. The van der Waals surface area contributed by atoms with Gasteiger partial charge in [0.05, 0.1) is 0 Å². The molecular weight excluding hydrogens is 578 g/mol. The molecule has 2 saturated heterocycles. The van der Waals surface area contributed by atoms with Crippen molar-refractivity contribution in [3.8, 4) is 0 Å². The Hall–Kier alpha value is -4.92. The summed E-state index contributed by atoms with van der Waals surface area (Å²) < 4.78 is 0. The fraction of sp³-hybridized carbons (Fsp3) is 0.351. The molecule has 2 unspecified atom stereocenters. The number of benzene rings is 3. The first-order valence-corrected chi connectivity index (χ1v) is 16.0. The highest BCUT2D eigenvalue weighted by Crippen LogP contribution is 2.24. The fourth-order valence-corrected chi connectivity index (χ4v) is 5.98. The Morgan fingerprint density at radius 3 is 1.61 bits per heavy atom. The van der Waals surface area contributed by atoms with Gasteiger partial charge in [-0.2, -0.15) is 0 Å². The number of anilines is 3. The van der Waals surface area contributed by atoms with Crippen LogP contribution in [0.1, 0.15) is 61.0 Å². The molecule has 240 valence electrons. The lowest BCUT2D eigenvalue weighted by atomic mass is 10.1. The minimum absolute atomic E-state index is 0.0170. The highest BCUT2D eigenvalue weighted by Gasteiger charge is 2.36. The molecule has 2 fully saturated rings. The lowest BCUT2D eigenvalue weighted by Gasteiger charge is -2.25. The van der Waals surface area contributed by atoms with E-state index in [0.717, 1.165) is 29.7 Å². The Kier molecular flexibility index (Phi) is 10.2. The van der Waals surface area contributed by atoms with E-state index in [1.165, 1.54) is 0 Å². The largest absolute Gasteiger partial charge is 0.378 e. The highest BCUT2D eigenvalue weighted by atomic mass is 16.2. The van der Waals surface area contributed by atoms with Crippen molar-refractivity contribution in [2.75, 3.05) is 42.7 Å². The molecule has 2 heterocycles. The minimum atomic E-state index is -0.506. The van der Waals surface area contributed by atoms with E-state index >= 15 is 0 Å². The quantitative estimate of drug-likeness (QED) is 0.296. The van der Waals surface area contributed by atoms with E-state index in [9.17, 15) is 19.2 Å². The van der Waals surface area contributed by atoms with Gasteiger partial charge < -0.3 is 25.3 Å². The molecule has 2 atom stereocenters. The van der Waals surface area contributed by atoms with Gasteiger partial charge in [-0.05, 0) is 85.3 Å². The standard InChI is InChI=1S/C37H43N5O4/c1-25(2)36(45)41-23-5-7-32(41)34(43)38-29-17-11-26(12-18-29)9-10-27-13-19-30(20-14-27)39-35(44)33-8-6-24-42(33)37(46)28-15-21-31(22-16-28)40(3)4/h9-22,25,32-33H,5-8,23-24H2,1-4H3,(H,38,43)(H,39,44)/b10-9+. The second-order valence-corrected chi connectivity index (χ2v) is 12.5. The van der Waals surface area contributed by atoms with Gasteiger partial charge in [-0.3, -0.25) is 19.2 Å². The Balaban J connectivity index is 1.13. The number of hydrogen-bond acceptors (Lipinski definition) is 5. The summed E-state index contributed by atoms with van der Waals surface area (Å²) in [6, 6.07) is 21.6. The average molecular weight is 622 g/mol. The van der Waals surface area contributed by atoms with Crippen molar-refractivity contribution < 1.29 is 19.2 Å². The topological polar surface area (TPSA) is 102 Å². The van der Waals surface area contributed by atoms with Gasteiger partial charge in [0.25, 0.3) is 5.91 Å². The van der Waals surface area contributed by atoms with Crippen LogP contribution in [0.3, 0.4) is 0 Å². The molecule has 0 aromatic heterocycles. The van der Waals surface area contributed by atoms with Gasteiger partial charge >= 0.3 is 0 Å². The summed E-state index contributed by atoms with van der Waals surface area (Å²) >= 11 is 0. The number of likely N-dealkylation sites (tertiary alicyclic amines) is 2. The number of carbonyl (C=O) groups is 4. The predicted octanol–water partition coefficient (Wildman–Crippen LogP) is 5.75. The third-order valence-corrected chi connectivity index (χ3v) is 8.60. The molecule has 0 saturated carbocycles. The highest BCUT2D eigenvalue weighted by molar-refractivity contribution is 6.02. The number of carbonyl (C=O) groups excluding carboxylic acids is 4. The van der Waals surface area contributed by atoms with Crippen molar-refractivity contribution in [1.82, 2.24) is 9.80 Å². The Labute approximate surface area is 271 Å². The first-order valence-electron chi connectivity index (χ1n) is 16.0. The van der Waals surface area contributed by atoms with E-state index < -0.39 is 12.1 Å². The molecule has 0 aliphatic carbocycles. The van der Waals surface area contributed by atoms with Gasteiger partial charge in [0.2, 0.25) is 17.7 Å². The van der Waals surface area contributed by atoms with Crippen LogP contribution >= 0.6 is 0 Å². The first-order chi connectivity index (χ1) is 22.1. The third-order valence-electron chi connectivity index (χ3n) is 8.60. The van der Waals surface area contributed by atoms with Crippen molar-refractivity contribution >= 4 is 52.8 Å². The molecule has 0 radical (unpaired) electrons. The maximum Gasteiger partial charge on any atom is 0.254 e. The number of amides is 4. The summed E-state index contributed by atoms with van der Waals surface area (Å²) in [6.07, 6.45) is 6.89. The number of hydrogen-bond donors (Lipinski definition) is 2. The van der Waals surface area contributed by atoms with Gasteiger partial charge in [-0.15, -0.1) is 0 Å². The predicted molar refractivity (Wildman–Crippen MR) is 183 cm³/mol. The fourth-order valence-electron chi connectivity index (χ4n) is 5.98. The molecule has 3 aromatic rings. The van der Waals surface area contributed by atoms with Crippen LogP contribution in [0.15, 0.2) is 72.8 Å². The Bertz CT molecular complexity index is 1580. The summed E-state index contributed by atoms with van der Waals surface area (Å²) in [6.45, 7) is 4.90. The van der Waals surface area contributed by atoms with E-state index in [1.807, 2.05) is 118 Å². The van der Waals surface area contributed by atoms with Crippen LogP contribution in [-0.4, -0.2) is 72.7 Å². The van der Waals surface area contributed by atoms with Crippen molar-refractivity contribution in [2.24, 2.45) is 5.92 Å². The van der Waals surface area contributed by atoms with E-state index in [-0.39, 0.29) is 29.5 Å². The molecule has 0 bridgehead atoms. The van der Waals surface area contributed by atoms with Crippen LogP contribution in [-0.2, 0) is 14.4 Å². The molecule has 3 aromatic carbocycles. The zero-order chi connectivity index (χ0) is 32.8. The molecular formula is C37H43N5O4. The molecule has 9 heteroatoms. The zero-order valence-electron chi connectivity index (χ0n) is 27.0. The number of nitrogens with one attached hydrogen (secondary N) is 2. The van der Waals surface area contributed by atoms with Gasteiger partial charge in [-0.25, -0.2) is 0 Å². The summed E-state index contributed by atoms with van der Waals surface area (Å²) in [4.78, 5) is 57.1. The summed E-state index contributed by atoms with van der Waals surface area (Å²) in [5, 5.41) is 5.94. The van der Waals surface area contributed by atoms with Gasteiger partial charge in [-0.1, -0.05) is 50.3 Å². The van der Waals surface area contributed by atoms with Crippen molar-refractivity contribution in [3.63, 3.8) is 0 Å². The smallest absolute Gasteiger partial charge is 0.254 e. The summed E-state index contributed by atoms with van der Waals surface area (Å²) in [5.41, 5.74) is 4.89. The summed E-state index contributed by atoms with van der Waals surface area (Å²) in [5.74, 6) is -0.574. The molecule has 5 rings (SSSR count). The van der Waals surface area contributed by atoms with E-state index in [2.05, 4.69) is 10.6 Å². The van der Waals surface area contributed by atoms with Crippen LogP contribution in [0.5, 0.6) is 0 Å². The van der Waals surface area contributed by atoms with Gasteiger partial charge in [0, 0.05) is 55.7 Å². The van der Waals surface area contributed by atoms with Gasteiger partial charge in [0.15, 0.2) is 0 Å². The minimum Gasteiger partial charge on any atom is -0.378 e. The second-order valence-electron chi connectivity index (χ2n) is 12.5. The Morgan fingerprint density at radius 1 is 0.696 bits per heavy atom. The molecule has 46 heavy (non-hydrogen) atoms.